The summed E-state index contributed by atoms with van der Waals surface area (Å²) in [4.78, 5) is 21.1. The molecule has 134 valence electrons. The molecule has 0 unspecified atom stereocenters. The van der Waals surface area contributed by atoms with Gasteiger partial charge in [-0.05, 0) is 24.8 Å². The van der Waals surface area contributed by atoms with Gasteiger partial charge >= 0.3 is 0 Å². The van der Waals surface area contributed by atoms with Crippen LogP contribution in [0.3, 0.4) is 0 Å². The van der Waals surface area contributed by atoms with E-state index in [9.17, 15) is 4.79 Å². The second-order valence-electron chi connectivity index (χ2n) is 6.90. The van der Waals surface area contributed by atoms with Crippen molar-refractivity contribution in [3.8, 4) is 0 Å². The number of rotatable bonds is 8. The van der Waals surface area contributed by atoms with E-state index in [4.69, 9.17) is 0 Å². The van der Waals surface area contributed by atoms with Crippen molar-refractivity contribution in [3.63, 3.8) is 0 Å². The fourth-order valence-corrected chi connectivity index (χ4v) is 3.27. The van der Waals surface area contributed by atoms with Gasteiger partial charge in [0.15, 0.2) is 0 Å². The molecule has 7 nitrogen and oxygen atoms in total. The van der Waals surface area contributed by atoms with Crippen molar-refractivity contribution < 1.29 is 4.79 Å². The molecule has 2 aromatic heterocycles. The molecular weight excluding hydrogens is 328 g/mol. The first-order chi connectivity index (χ1) is 12.8. The van der Waals surface area contributed by atoms with Crippen molar-refractivity contribution in [2.24, 2.45) is 5.41 Å². The molecule has 26 heavy (non-hydrogen) atoms. The van der Waals surface area contributed by atoms with Crippen LogP contribution in [0.25, 0.3) is 0 Å². The first-order valence-corrected chi connectivity index (χ1v) is 8.89. The van der Waals surface area contributed by atoms with Crippen LogP contribution in [0.4, 0.5) is 0 Å². The summed E-state index contributed by atoms with van der Waals surface area (Å²) in [6, 6.07) is 10.1. The fourth-order valence-electron chi connectivity index (χ4n) is 3.27. The van der Waals surface area contributed by atoms with Gasteiger partial charge in [0.05, 0.1) is 17.8 Å². The zero-order valence-corrected chi connectivity index (χ0v) is 14.5. The molecule has 1 fully saturated rings. The van der Waals surface area contributed by atoms with Crippen LogP contribution in [-0.4, -0.2) is 30.2 Å². The molecule has 1 saturated carbocycles. The highest BCUT2D eigenvalue weighted by Gasteiger charge is 2.50. The lowest BCUT2D eigenvalue weighted by Gasteiger charge is -2.23. The Kier molecular flexibility index (Phi) is 4.51. The van der Waals surface area contributed by atoms with Crippen LogP contribution in [0.1, 0.15) is 30.9 Å². The summed E-state index contributed by atoms with van der Waals surface area (Å²) in [6.07, 6.45) is 11.3. The largest absolute Gasteiger partial charge is 0.349 e. The highest BCUT2D eigenvalue weighted by molar-refractivity contribution is 5.85. The molecule has 0 radical (unpaired) electrons. The van der Waals surface area contributed by atoms with Gasteiger partial charge in [-0.3, -0.25) is 9.48 Å². The van der Waals surface area contributed by atoms with Crippen molar-refractivity contribution in [1.82, 2.24) is 29.6 Å². The molecule has 1 aliphatic rings. The van der Waals surface area contributed by atoms with E-state index in [-0.39, 0.29) is 17.4 Å². The van der Waals surface area contributed by atoms with Crippen molar-refractivity contribution in [1.29, 1.82) is 0 Å². The maximum absolute atomic E-state index is 13.0. The summed E-state index contributed by atoms with van der Waals surface area (Å²) in [7, 11) is 0. The number of nitrogens with zero attached hydrogens (tertiary/aromatic N) is 5. The van der Waals surface area contributed by atoms with E-state index >= 15 is 0 Å². The van der Waals surface area contributed by atoms with Crippen LogP contribution in [-0.2, 0) is 17.9 Å². The Morgan fingerprint density at radius 1 is 1.19 bits per heavy atom. The second kappa shape index (κ2) is 7.11. The zero-order valence-electron chi connectivity index (χ0n) is 14.5. The fraction of sp³-hybridized carbons (Fsp3) is 0.368. The van der Waals surface area contributed by atoms with Gasteiger partial charge in [0.1, 0.15) is 12.7 Å². The third-order valence-corrected chi connectivity index (χ3v) is 5.00. The van der Waals surface area contributed by atoms with E-state index < -0.39 is 0 Å². The molecule has 0 bridgehead atoms. The maximum atomic E-state index is 13.0. The monoisotopic (exact) mass is 350 g/mol. The van der Waals surface area contributed by atoms with Gasteiger partial charge in [0, 0.05) is 25.5 Å². The molecule has 7 heteroatoms. The minimum absolute atomic E-state index is 0.0480. The zero-order chi connectivity index (χ0) is 17.8. The van der Waals surface area contributed by atoms with Crippen molar-refractivity contribution in [2.45, 2.75) is 38.4 Å². The summed E-state index contributed by atoms with van der Waals surface area (Å²) in [5.41, 5.74) is 0.806. The molecule has 4 rings (SSSR count). The first-order valence-electron chi connectivity index (χ1n) is 8.89. The van der Waals surface area contributed by atoms with E-state index in [1.165, 1.54) is 6.33 Å². The SMILES string of the molecule is O=C(N[C@H](CCn1cncn1)c1ccccc1)C1(Cn2ccnc2)CC1. The average Bonchev–Trinajstić information content (AvgIpc) is 3.05. The van der Waals surface area contributed by atoms with Crippen LogP contribution in [0, 0.1) is 5.41 Å². The highest BCUT2D eigenvalue weighted by atomic mass is 16.2. The Morgan fingerprint density at radius 3 is 2.69 bits per heavy atom. The number of aryl methyl sites for hydroxylation is 1. The van der Waals surface area contributed by atoms with Crippen molar-refractivity contribution >= 4 is 5.91 Å². The van der Waals surface area contributed by atoms with Gasteiger partial charge in [0.25, 0.3) is 0 Å². The Bertz CT molecular complexity index is 824. The average molecular weight is 350 g/mol. The number of benzene rings is 1. The Morgan fingerprint density at radius 2 is 2.04 bits per heavy atom. The van der Waals surface area contributed by atoms with Crippen LogP contribution in [0.15, 0.2) is 61.7 Å². The lowest BCUT2D eigenvalue weighted by Crippen LogP contribution is -2.37. The summed E-state index contributed by atoms with van der Waals surface area (Å²) in [5.74, 6) is 0.124. The normalized spacial score (nSPS) is 16.2. The number of aromatic nitrogens is 5. The van der Waals surface area contributed by atoms with E-state index in [1.807, 2.05) is 29.0 Å². The van der Waals surface area contributed by atoms with Gasteiger partial charge in [-0.15, -0.1) is 0 Å². The predicted molar refractivity (Wildman–Crippen MR) is 95.9 cm³/mol. The summed E-state index contributed by atoms with van der Waals surface area (Å²) >= 11 is 0. The van der Waals surface area contributed by atoms with Crippen LogP contribution in [0.5, 0.6) is 0 Å². The van der Waals surface area contributed by atoms with E-state index in [0.717, 1.165) is 24.8 Å². The summed E-state index contributed by atoms with van der Waals surface area (Å²) in [6.45, 7) is 1.39. The topological polar surface area (TPSA) is 77.6 Å². The molecule has 1 amide bonds. The smallest absolute Gasteiger partial charge is 0.228 e. The van der Waals surface area contributed by atoms with Gasteiger partial charge in [-0.1, -0.05) is 30.3 Å². The molecule has 0 aliphatic heterocycles. The van der Waals surface area contributed by atoms with Crippen molar-refractivity contribution in [2.75, 3.05) is 0 Å². The minimum Gasteiger partial charge on any atom is -0.349 e. The molecular formula is C19H22N6O. The lowest BCUT2D eigenvalue weighted by atomic mass is 10.0. The van der Waals surface area contributed by atoms with Crippen molar-refractivity contribution in [3.05, 3.63) is 67.3 Å². The van der Waals surface area contributed by atoms with Crippen LogP contribution >= 0.6 is 0 Å². The van der Waals surface area contributed by atoms with Gasteiger partial charge < -0.3 is 9.88 Å². The van der Waals surface area contributed by atoms with E-state index in [2.05, 4.69) is 32.5 Å². The number of nitrogens with one attached hydrogen (secondary N) is 1. The molecule has 1 N–H and O–H groups in total. The molecule has 1 aliphatic carbocycles. The highest BCUT2D eigenvalue weighted by Crippen LogP contribution is 2.47. The number of hydrogen-bond donors (Lipinski definition) is 1. The Balaban J connectivity index is 1.46. The first kappa shape index (κ1) is 16.5. The minimum atomic E-state index is -0.305. The quantitative estimate of drug-likeness (QED) is 0.676. The third kappa shape index (κ3) is 3.66. The lowest BCUT2D eigenvalue weighted by molar-refractivity contribution is -0.127. The molecule has 1 aromatic carbocycles. The van der Waals surface area contributed by atoms with Gasteiger partial charge in [-0.2, -0.15) is 5.10 Å². The summed E-state index contributed by atoms with van der Waals surface area (Å²) < 4.78 is 3.78. The molecule has 1 atom stereocenters. The number of hydrogen-bond acceptors (Lipinski definition) is 4. The van der Waals surface area contributed by atoms with E-state index in [1.54, 1.807) is 23.5 Å². The Labute approximate surface area is 152 Å². The molecule has 2 heterocycles. The second-order valence-corrected chi connectivity index (χ2v) is 6.90. The van der Waals surface area contributed by atoms with Crippen LogP contribution in [0.2, 0.25) is 0 Å². The predicted octanol–water partition coefficient (Wildman–Crippen LogP) is 2.20. The number of carbonyl (C=O) groups excluding carboxylic acids is 1. The molecule has 0 spiro atoms. The van der Waals surface area contributed by atoms with E-state index in [0.29, 0.717) is 13.1 Å². The molecule has 3 aromatic rings. The number of amides is 1. The van der Waals surface area contributed by atoms with Crippen LogP contribution < -0.4 is 5.32 Å². The maximum Gasteiger partial charge on any atom is 0.228 e. The molecule has 0 saturated heterocycles. The van der Waals surface area contributed by atoms with Gasteiger partial charge in [0.2, 0.25) is 5.91 Å². The Hall–Kier alpha value is -2.96. The number of carbonyl (C=O) groups is 1. The summed E-state index contributed by atoms with van der Waals surface area (Å²) in [5, 5.41) is 7.43. The third-order valence-electron chi connectivity index (χ3n) is 5.00. The van der Waals surface area contributed by atoms with Gasteiger partial charge in [-0.25, -0.2) is 9.97 Å². The standard InChI is InChI=1S/C19H22N6O/c26-18(19(7-8-19)12-24-11-9-20-14-24)23-17(16-4-2-1-3-5-16)6-10-25-15-21-13-22-25/h1-5,9,11,13-15,17H,6-8,10,12H2,(H,23,26)/t17-/m1/s1. The number of imidazole rings is 1.